The topological polar surface area (TPSA) is 92.3 Å². The van der Waals surface area contributed by atoms with Crippen LogP contribution in [-0.4, -0.2) is 50.2 Å². The lowest BCUT2D eigenvalue weighted by Gasteiger charge is -2.40. The van der Waals surface area contributed by atoms with Gasteiger partial charge in [0.2, 0.25) is 5.91 Å². The molecular weight excluding hydrogens is 496 g/mol. The molecule has 4 rings (SSSR count). The average Bonchev–Trinajstić information content (AvgIpc) is 3.15. The number of nitrogens with one attached hydrogen (secondary N) is 2. The van der Waals surface area contributed by atoms with Crippen LogP contribution in [-0.2, 0) is 9.53 Å². The number of thiophene rings is 1. The van der Waals surface area contributed by atoms with Crippen molar-refractivity contribution in [2.24, 2.45) is 4.99 Å². The Morgan fingerprint density at radius 3 is 2.72 bits per heavy atom. The number of carbonyl (C=O) groups is 2. The van der Waals surface area contributed by atoms with Crippen molar-refractivity contribution in [2.75, 3.05) is 37.0 Å². The number of carbonyl (C=O) groups excluding carboxylic acids is 2. The minimum atomic E-state index is -0.954. The van der Waals surface area contributed by atoms with E-state index in [1.807, 2.05) is 25.1 Å². The molecule has 32 heavy (non-hydrogen) atoms. The van der Waals surface area contributed by atoms with Crippen molar-refractivity contribution in [3.05, 3.63) is 39.7 Å². The minimum Gasteiger partial charge on any atom is -0.399 e. The summed E-state index contributed by atoms with van der Waals surface area (Å²) in [7, 11) is 1.76. The summed E-state index contributed by atoms with van der Waals surface area (Å²) < 4.78 is 11.7. The number of hydrogen-bond acceptors (Lipinski definition) is 6. The van der Waals surface area contributed by atoms with E-state index in [1.54, 1.807) is 19.2 Å². The molecule has 10 heteroatoms. The maximum absolute atomic E-state index is 13.1. The Labute approximate surface area is 199 Å². The summed E-state index contributed by atoms with van der Waals surface area (Å²) in [4.78, 5) is 31.9. The number of nitrogens with zero attached hydrogens (tertiary/aromatic N) is 2. The number of rotatable bonds is 5. The molecule has 1 aromatic heterocycles. The van der Waals surface area contributed by atoms with Gasteiger partial charge in [0.1, 0.15) is 18.0 Å². The van der Waals surface area contributed by atoms with Crippen molar-refractivity contribution in [3.8, 4) is 5.06 Å². The van der Waals surface area contributed by atoms with Crippen molar-refractivity contribution in [1.82, 2.24) is 5.32 Å². The van der Waals surface area contributed by atoms with E-state index >= 15 is 0 Å². The van der Waals surface area contributed by atoms with Crippen molar-refractivity contribution in [2.45, 2.75) is 31.7 Å². The van der Waals surface area contributed by atoms with E-state index in [4.69, 9.17) is 9.47 Å². The van der Waals surface area contributed by atoms with Gasteiger partial charge in [-0.1, -0.05) is 11.3 Å². The Balaban J connectivity index is 1.43. The number of amides is 2. The lowest BCUT2D eigenvalue weighted by molar-refractivity contribution is -0.125. The zero-order valence-electron chi connectivity index (χ0n) is 17.9. The van der Waals surface area contributed by atoms with Crippen LogP contribution in [0.4, 0.5) is 16.2 Å². The highest BCUT2D eigenvalue weighted by atomic mass is 79.9. The van der Waals surface area contributed by atoms with Crippen LogP contribution in [0.25, 0.3) is 0 Å². The summed E-state index contributed by atoms with van der Waals surface area (Å²) in [5.74, 6) is 0.646. The third-order valence-electron chi connectivity index (χ3n) is 5.73. The third-order valence-corrected chi connectivity index (χ3v) is 7.23. The lowest BCUT2D eigenvalue weighted by Crippen LogP contribution is -2.61. The van der Waals surface area contributed by atoms with Gasteiger partial charge in [0.05, 0.1) is 10.4 Å². The number of halogens is 1. The standard InChI is InChI=1S/C22H25BrN4O4S/c1-14-12-15(4-5-16(14)27-10-11-30-13-18(27)24-2)25-20(28)22(8-3-9-22)26-21(29)31-19-7-6-17(23)32-19/h4-7,12H,3,8-11,13H2,1-2H3,(H,25,28)(H,26,29). The van der Waals surface area contributed by atoms with Gasteiger partial charge < -0.3 is 25.0 Å². The molecule has 0 spiro atoms. The highest BCUT2D eigenvalue weighted by Gasteiger charge is 2.46. The van der Waals surface area contributed by atoms with Crippen molar-refractivity contribution < 1.29 is 19.1 Å². The summed E-state index contributed by atoms with van der Waals surface area (Å²) in [6, 6.07) is 9.29. The van der Waals surface area contributed by atoms with Crippen molar-refractivity contribution >= 4 is 56.5 Å². The molecule has 1 saturated heterocycles. The summed E-state index contributed by atoms with van der Waals surface area (Å²) in [6.07, 6.45) is 1.39. The number of morpholine rings is 1. The lowest BCUT2D eigenvalue weighted by atomic mass is 9.76. The number of benzene rings is 1. The molecule has 1 aliphatic carbocycles. The fraction of sp³-hybridized carbons (Fsp3) is 0.409. The molecule has 2 fully saturated rings. The van der Waals surface area contributed by atoms with E-state index in [9.17, 15) is 9.59 Å². The zero-order valence-corrected chi connectivity index (χ0v) is 20.3. The first-order valence-corrected chi connectivity index (χ1v) is 12.0. The Morgan fingerprint density at radius 1 is 1.28 bits per heavy atom. The second kappa shape index (κ2) is 9.60. The van der Waals surface area contributed by atoms with E-state index in [-0.39, 0.29) is 5.91 Å². The first-order chi connectivity index (χ1) is 15.4. The third kappa shape index (κ3) is 4.82. The normalized spacial score (nSPS) is 18.7. The number of aryl methyl sites for hydroxylation is 1. The zero-order chi connectivity index (χ0) is 22.7. The molecule has 2 heterocycles. The van der Waals surface area contributed by atoms with Crippen molar-refractivity contribution in [1.29, 1.82) is 0 Å². The van der Waals surface area contributed by atoms with Gasteiger partial charge in [-0.3, -0.25) is 9.79 Å². The first-order valence-electron chi connectivity index (χ1n) is 10.4. The van der Waals surface area contributed by atoms with Gasteiger partial charge in [-0.05, 0) is 78.0 Å². The fourth-order valence-corrected chi connectivity index (χ4v) is 5.05. The molecule has 1 aromatic carbocycles. The van der Waals surface area contributed by atoms with E-state index in [1.165, 1.54) is 11.3 Å². The summed E-state index contributed by atoms with van der Waals surface area (Å²) in [5, 5.41) is 6.21. The summed E-state index contributed by atoms with van der Waals surface area (Å²) in [6.45, 7) is 3.86. The van der Waals surface area contributed by atoms with E-state index in [0.29, 0.717) is 36.8 Å². The van der Waals surface area contributed by atoms with Crippen LogP contribution in [0.2, 0.25) is 0 Å². The molecule has 8 nitrogen and oxygen atoms in total. The van der Waals surface area contributed by atoms with Gasteiger partial charge in [0, 0.05) is 25.0 Å². The molecule has 0 atom stereocenters. The second-order valence-electron chi connectivity index (χ2n) is 7.81. The molecule has 2 aromatic rings. The Hall–Kier alpha value is -2.43. The number of aliphatic imine (C=N–C) groups is 1. The Bertz CT molecular complexity index is 1050. The number of hydrogen-bond donors (Lipinski definition) is 2. The van der Waals surface area contributed by atoms with Crippen LogP contribution in [0.15, 0.2) is 39.1 Å². The summed E-state index contributed by atoms with van der Waals surface area (Å²) >= 11 is 4.65. The predicted octanol–water partition coefficient (Wildman–Crippen LogP) is 4.33. The Kier molecular flexibility index (Phi) is 6.82. The molecule has 0 unspecified atom stereocenters. The number of amidine groups is 1. The second-order valence-corrected chi connectivity index (χ2v) is 10.2. The average molecular weight is 521 g/mol. The monoisotopic (exact) mass is 520 g/mol. The highest BCUT2D eigenvalue weighted by molar-refractivity contribution is 9.11. The van der Waals surface area contributed by atoms with Crippen LogP contribution < -0.4 is 20.3 Å². The molecule has 1 aliphatic heterocycles. The number of anilines is 2. The quantitative estimate of drug-likeness (QED) is 0.611. The van der Waals surface area contributed by atoms with Crippen LogP contribution in [0, 0.1) is 6.92 Å². The minimum absolute atomic E-state index is 0.234. The van der Waals surface area contributed by atoms with E-state index in [2.05, 4.69) is 36.5 Å². The molecule has 2 amide bonds. The van der Waals surface area contributed by atoms with Gasteiger partial charge in [-0.2, -0.15) is 0 Å². The smallest absolute Gasteiger partial charge is 0.399 e. The molecule has 170 valence electrons. The molecule has 0 bridgehead atoms. The number of ether oxygens (including phenoxy) is 2. The molecule has 0 radical (unpaired) electrons. The maximum atomic E-state index is 13.1. The van der Waals surface area contributed by atoms with Gasteiger partial charge >= 0.3 is 6.09 Å². The van der Waals surface area contributed by atoms with Crippen LogP contribution >= 0.6 is 27.3 Å². The summed E-state index contributed by atoms with van der Waals surface area (Å²) in [5.41, 5.74) is 1.78. The maximum Gasteiger partial charge on any atom is 0.414 e. The largest absolute Gasteiger partial charge is 0.414 e. The van der Waals surface area contributed by atoms with Crippen LogP contribution in [0.5, 0.6) is 5.06 Å². The molecular formula is C22H25BrN4O4S. The van der Waals surface area contributed by atoms with Crippen LogP contribution in [0.3, 0.4) is 0 Å². The molecule has 1 saturated carbocycles. The van der Waals surface area contributed by atoms with Crippen molar-refractivity contribution in [3.63, 3.8) is 0 Å². The van der Waals surface area contributed by atoms with E-state index < -0.39 is 11.6 Å². The fourth-order valence-electron chi connectivity index (χ4n) is 3.86. The van der Waals surface area contributed by atoms with Gasteiger partial charge in [-0.25, -0.2) is 4.79 Å². The van der Waals surface area contributed by atoms with Crippen LogP contribution in [0.1, 0.15) is 24.8 Å². The van der Waals surface area contributed by atoms with Gasteiger partial charge in [0.15, 0.2) is 5.06 Å². The first kappa shape index (κ1) is 22.8. The Morgan fingerprint density at radius 2 is 2.09 bits per heavy atom. The predicted molar refractivity (Wildman–Crippen MR) is 129 cm³/mol. The SMILES string of the molecule is CN=C1COCCN1c1ccc(NC(=O)C2(NC(=O)Oc3ccc(Br)s3)CCC2)cc1C. The highest BCUT2D eigenvalue weighted by Crippen LogP contribution is 2.35. The molecule has 2 aliphatic rings. The van der Waals surface area contributed by atoms with Gasteiger partial charge in [-0.15, -0.1) is 0 Å². The van der Waals surface area contributed by atoms with Gasteiger partial charge in [0.25, 0.3) is 0 Å². The molecule has 2 N–H and O–H groups in total. The van der Waals surface area contributed by atoms with E-state index in [0.717, 1.165) is 33.8 Å².